The summed E-state index contributed by atoms with van der Waals surface area (Å²) < 4.78 is 16.3. The topological polar surface area (TPSA) is 75.0 Å². The van der Waals surface area contributed by atoms with Gasteiger partial charge < -0.3 is 15.7 Å². The van der Waals surface area contributed by atoms with Crippen molar-refractivity contribution in [3.8, 4) is 5.69 Å². The van der Waals surface area contributed by atoms with Gasteiger partial charge in [-0.25, -0.2) is 9.07 Å². The average molecular weight is 446 g/mol. The number of aliphatic hydroxyl groups excluding tert-OH is 1. The van der Waals surface area contributed by atoms with Crippen LogP contribution < -0.4 is 10.6 Å². The predicted molar refractivity (Wildman–Crippen MR) is 126 cm³/mol. The van der Waals surface area contributed by atoms with E-state index in [4.69, 9.17) is 0 Å². The Balaban J connectivity index is 1.16. The Morgan fingerprint density at radius 3 is 2.70 bits per heavy atom. The molecular formula is C26H28FN5O. The molecular weight excluding hydrogens is 417 g/mol. The van der Waals surface area contributed by atoms with Crippen molar-refractivity contribution in [1.29, 1.82) is 0 Å². The molecule has 7 heteroatoms. The van der Waals surface area contributed by atoms with E-state index in [0.717, 1.165) is 29.5 Å². The van der Waals surface area contributed by atoms with E-state index < -0.39 is 6.10 Å². The molecule has 170 valence electrons. The SMILES string of the molecule is O[C@@H]1C[C@@H](NCc2ccccc2-n2cccn2)CC[C@@H]1NCc1cc2cccnc2cc1F. The molecule has 1 fully saturated rings. The van der Waals surface area contributed by atoms with Gasteiger partial charge in [0.05, 0.1) is 17.3 Å². The Bertz CT molecular complexity index is 1210. The van der Waals surface area contributed by atoms with Crippen molar-refractivity contribution in [3.63, 3.8) is 0 Å². The molecule has 1 aliphatic rings. The minimum Gasteiger partial charge on any atom is -0.391 e. The van der Waals surface area contributed by atoms with Crippen LogP contribution in [0.1, 0.15) is 30.4 Å². The molecule has 0 spiro atoms. The van der Waals surface area contributed by atoms with E-state index in [1.165, 1.54) is 6.07 Å². The summed E-state index contributed by atoms with van der Waals surface area (Å²) >= 11 is 0. The number of hydrogen-bond donors (Lipinski definition) is 3. The van der Waals surface area contributed by atoms with Crippen LogP contribution >= 0.6 is 0 Å². The average Bonchev–Trinajstić information content (AvgIpc) is 3.37. The molecule has 1 aliphatic carbocycles. The molecule has 0 saturated heterocycles. The Labute approximate surface area is 192 Å². The van der Waals surface area contributed by atoms with Crippen molar-refractivity contribution < 1.29 is 9.50 Å². The molecule has 0 amide bonds. The maximum absolute atomic E-state index is 14.5. The Hall–Kier alpha value is -3.13. The first-order chi connectivity index (χ1) is 16.2. The highest BCUT2D eigenvalue weighted by Gasteiger charge is 2.28. The van der Waals surface area contributed by atoms with Gasteiger partial charge in [0.2, 0.25) is 0 Å². The molecule has 0 bridgehead atoms. The van der Waals surface area contributed by atoms with E-state index in [2.05, 4.69) is 32.8 Å². The smallest absolute Gasteiger partial charge is 0.129 e. The summed E-state index contributed by atoms with van der Waals surface area (Å²) in [6.45, 7) is 1.09. The summed E-state index contributed by atoms with van der Waals surface area (Å²) in [5.74, 6) is -0.269. The molecule has 2 heterocycles. The van der Waals surface area contributed by atoms with E-state index in [1.54, 1.807) is 12.4 Å². The minimum atomic E-state index is -0.484. The Morgan fingerprint density at radius 2 is 1.85 bits per heavy atom. The van der Waals surface area contributed by atoms with Gasteiger partial charge in [0, 0.05) is 60.8 Å². The second-order valence-corrected chi connectivity index (χ2v) is 8.66. The number of rotatable bonds is 7. The first-order valence-electron chi connectivity index (χ1n) is 11.4. The maximum Gasteiger partial charge on any atom is 0.129 e. The van der Waals surface area contributed by atoms with Crippen LogP contribution in [0.4, 0.5) is 4.39 Å². The second-order valence-electron chi connectivity index (χ2n) is 8.66. The van der Waals surface area contributed by atoms with Crippen LogP contribution in [0.15, 0.2) is 73.2 Å². The lowest BCUT2D eigenvalue weighted by atomic mass is 9.88. The first-order valence-corrected chi connectivity index (χ1v) is 11.4. The van der Waals surface area contributed by atoms with Gasteiger partial charge in [-0.1, -0.05) is 24.3 Å². The number of hydrogen-bond acceptors (Lipinski definition) is 5. The molecule has 0 radical (unpaired) electrons. The first kappa shape index (κ1) is 21.7. The largest absolute Gasteiger partial charge is 0.391 e. The number of aromatic nitrogens is 3. The Morgan fingerprint density at radius 1 is 0.970 bits per heavy atom. The van der Waals surface area contributed by atoms with E-state index >= 15 is 0 Å². The second kappa shape index (κ2) is 9.79. The van der Waals surface area contributed by atoms with Crippen LogP contribution in [-0.4, -0.2) is 38.1 Å². The third-order valence-corrected chi connectivity index (χ3v) is 6.47. The van der Waals surface area contributed by atoms with Gasteiger partial charge in [-0.3, -0.25) is 4.98 Å². The van der Waals surface area contributed by atoms with Crippen molar-refractivity contribution >= 4 is 10.9 Å². The van der Waals surface area contributed by atoms with Crippen LogP contribution in [0.25, 0.3) is 16.6 Å². The van der Waals surface area contributed by atoms with Crippen molar-refractivity contribution in [2.24, 2.45) is 0 Å². The number of nitrogens with zero attached hydrogens (tertiary/aromatic N) is 3. The van der Waals surface area contributed by atoms with Gasteiger partial charge in [0.1, 0.15) is 5.82 Å². The highest BCUT2D eigenvalue weighted by atomic mass is 19.1. The zero-order valence-corrected chi connectivity index (χ0v) is 18.4. The highest BCUT2D eigenvalue weighted by molar-refractivity contribution is 5.79. The monoisotopic (exact) mass is 445 g/mol. The molecule has 3 N–H and O–H groups in total. The van der Waals surface area contributed by atoms with Crippen LogP contribution in [0.2, 0.25) is 0 Å². The summed E-state index contributed by atoms with van der Waals surface area (Å²) in [7, 11) is 0. The fourth-order valence-corrected chi connectivity index (χ4v) is 4.64. The minimum absolute atomic E-state index is 0.0524. The number of benzene rings is 2. The van der Waals surface area contributed by atoms with Gasteiger partial charge in [-0.2, -0.15) is 5.10 Å². The number of para-hydroxylation sites is 1. The molecule has 6 nitrogen and oxygen atoms in total. The maximum atomic E-state index is 14.5. The number of pyridine rings is 1. The van der Waals surface area contributed by atoms with Crippen molar-refractivity contribution in [2.45, 2.75) is 50.5 Å². The van der Waals surface area contributed by atoms with Crippen molar-refractivity contribution in [3.05, 3.63) is 90.1 Å². The van der Waals surface area contributed by atoms with E-state index in [0.29, 0.717) is 30.6 Å². The van der Waals surface area contributed by atoms with Crippen molar-refractivity contribution in [1.82, 2.24) is 25.4 Å². The third-order valence-electron chi connectivity index (χ3n) is 6.47. The molecule has 0 unspecified atom stereocenters. The summed E-state index contributed by atoms with van der Waals surface area (Å²) in [4.78, 5) is 4.20. The molecule has 2 aromatic heterocycles. The standard InChI is InChI=1S/C26H28FN5O/c27-22-15-24-18(6-3-10-28-24)13-20(22)17-30-23-9-8-21(14-26(23)33)29-16-19-5-1-2-7-25(19)32-12-4-11-31-32/h1-7,10-13,15,21,23,26,29-30,33H,8-9,14,16-17H2/t21-,23-,26+/m0/s1. The zero-order valence-electron chi connectivity index (χ0n) is 18.4. The molecule has 3 atom stereocenters. The fourth-order valence-electron chi connectivity index (χ4n) is 4.64. The van der Waals surface area contributed by atoms with Gasteiger partial charge in [-0.05, 0) is 49.1 Å². The lowest BCUT2D eigenvalue weighted by Crippen LogP contribution is -2.48. The van der Waals surface area contributed by atoms with Gasteiger partial charge in [0.25, 0.3) is 0 Å². The van der Waals surface area contributed by atoms with Gasteiger partial charge >= 0.3 is 0 Å². The lowest BCUT2D eigenvalue weighted by Gasteiger charge is -2.34. The number of nitrogens with one attached hydrogen (secondary N) is 2. The lowest BCUT2D eigenvalue weighted by molar-refractivity contribution is 0.0740. The Kier molecular flexibility index (Phi) is 6.44. The molecule has 2 aromatic carbocycles. The van der Waals surface area contributed by atoms with Crippen LogP contribution in [0.3, 0.4) is 0 Å². The fraction of sp³-hybridized carbons (Fsp3) is 0.308. The van der Waals surface area contributed by atoms with E-state index in [-0.39, 0.29) is 17.9 Å². The number of fused-ring (bicyclic) bond motifs is 1. The number of aliphatic hydroxyl groups is 1. The highest BCUT2D eigenvalue weighted by Crippen LogP contribution is 2.23. The van der Waals surface area contributed by atoms with Crippen LogP contribution in [0, 0.1) is 5.82 Å². The van der Waals surface area contributed by atoms with Gasteiger partial charge in [0.15, 0.2) is 0 Å². The zero-order chi connectivity index (χ0) is 22.6. The quantitative estimate of drug-likeness (QED) is 0.404. The molecule has 4 aromatic rings. The van der Waals surface area contributed by atoms with E-state index in [1.807, 2.05) is 47.3 Å². The molecule has 33 heavy (non-hydrogen) atoms. The van der Waals surface area contributed by atoms with Crippen LogP contribution in [-0.2, 0) is 13.1 Å². The van der Waals surface area contributed by atoms with E-state index in [9.17, 15) is 9.50 Å². The summed E-state index contributed by atoms with van der Waals surface area (Å²) in [6.07, 6.45) is 7.33. The summed E-state index contributed by atoms with van der Waals surface area (Å²) in [6, 6.07) is 17.4. The predicted octanol–water partition coefficient (Wildman–Crippen LogP) is 3.72. The number of halogens is 1. The van der Waals surface area contributed by atoms with Crippen molar-refractivity contribution in [2.75, 3.05) is 0 Å². The van der Waals surface area contributed by atoms with Crippen LogP contribution in [0.5, 0.6) is 0 Å². The normalized spacial score (nSPS) is 20.8. The molecule has 1 saturated carbocycles. The summed E-state index contributed by atoms with van der Waals surface area (Å²) in [5.41, 5.74) is 3.47. The third kappa shape index (κ3) is 4.95. The summed E-state index contributed by atoms with van der Waals surface area (Å²) in [5, 5.41) is 23.0. The van der Waals surface area contributed by atoms with Gasteiger partial charge in [-0.15, -0.1) is 0 Å². The molecule has 5 rings (SSSR count). The molecule has 0 aliphatic heterocycles.